The quantitative estimate of drug-likeness (QED) is 0.909. The number of nitrogens with one attached hydrogen (secondary N) is 1. The molecule has 0 aliphatic carbocycles. The molecule has 2 rings (SSSR count). The van der Waals surface area contributed by atoms with Gasteiger partial charge in [0, 0.05) is 33.7 Å². The maximum Gasteiger partial charge on any atom is 0.133 e. The van der Waals surface area contributed by atoms with Gasteiger partial charge < -0.3 is 5.32 Å². The van der Waals surface area contributed by atoms with Crippen LogP contribution >= 0.6 is 27.3 Å². The Morgan fingerprint density at radius 3 is 2.94 bits per heavy atom. The van der Waals surface area contributed by atoms with Crippen LogP contribution in [-0.2, 0) is 6.54 Å². The van der Waals surface area contributed by atoms with E-state index in [0.29, 0.717) is 16.6 Å². The van der Waals surface area contributed by atoms with Crippen molar-refractivity contribution in [2.24, 2.45) is 0 Å². The SMILES string of the molecule is CC(C)NCc1cnc(-c2cc(Br)ccc2F)s1. The molecule has 1 aromatic heterocycles. The standard InChI is InChI=1S/C13H14BrFN2S/c1-8(2)16-6-10-7-17-13(18-10)11-5-9(14)3-4-12(11)15/h3-5,7-8,16H,6H2,1-2H3. The molecule has 18 heavy (non-hydrogen) atoms. The van der Waals surface area contributed by atoms with Crippen LogP contribution in [0.3, 0.4) is 0 Å². The maximum atomic E-state index is 13.7. The van der Waals surface area contributed by atoms with Crippen molar-refractivity contribution in [1.82, 2.24) is 10.3 Å². The van der Waals surface area contributed by atoms with Crippen LogP contribution in [0.4, 0.5) is 4.39 Å². The van der Waals surface area contributed by atoms with E-state index in [2.05, 4.69) is 40.1 Å². The zero-order valence-electron chi connectivity index (χ0n) is 10.2. The third kappa shape index (κ3) is 3.37. The number of hydrogen-bond donors (Lipinski definition) is 1. The average Bonchev–Trinajstić information content (AvgIpc) is 2.78. The second-order valence-electron chi connectivity index (χ2n) is 4.29. The van der Waals surface area contributed by atoms with Gasteiger partial charge in [0.25, 0.3) is 0 Å². The lowest BCUT2D eigenvalue weighted by molar-refractivity contribution is 0.593. The number of hydrogen-bond acceptors (Lipinski definition) is 3. The molecule has 0 unspecified atom stereocenters. The van der Waals surface area contributed by atoms with Crippen molar-refractivity contribution in [3.05, 3.63) is 39.6 Å². The van der Waals surface area contributed by atoms with Gasteiger partial charge in [0.15, 0.2) is 0 Å². The highest BCUT2D eigenvalue weighted by molar-refractivity contribution is 9.10. The van der Waals surface area contributed by atoms with Gasteiger partial charge in [-0.2, -0.15) is 0 Å². The molecule has 1 aromatic carbocycles. The Morgan fingerprint density at radius 1 is 1.44 bits per heavy atom. The number of aromatic nitrogens is 1. The van der Waals surface area contributed by atoms with Crippen molar-refractivity contribution in [2.75, 3.05) is 0 Å². The van der Waals surface area contributed by atoms with Crippen molar-refractivity contribution >= 4 is 27.3 Å². The molecule has 1 heterocycles. The van der Waals surface area contributed by atoms with Crippen molar-refractivity contribution in [3.8, 4) is 10.6 Å². The van der Waals surface area contributed by atoms with Crippen LogP contribution < -0.4 is 5.32 Å². The molecule has 0 amide bonds. The molecule has 0 saturated carbocycles. The number of nitrogens with zero attached hydrogens (tertiary/aromatic N) is 1. The lowest BCUT2D eigenvalue weighted by Crippen LogP contribution is -2.21. The van der Waals surface area contributed by atoms with Gasteiger partial charge in [-0.15, -0.1) is 11.3 Å². The molecule has 0 aliphatic rings. The molecule has 0 fully saturated rings. The fourth-order valence-electron chi connectivity index (χ4n) is 1.48. The third-order valence-electron chi connectivity index (χ3n) is 2.40. The summed E-state index contributed by atoms with van der Waals surface area (Å²) in [5.41, 5.74) is 0.546. The predicted molar refractivity (Wildman–Crippen MR) is 77.2 cm³/mol. The van der Waals surface area contributed by atoms with Crippen molar-refractivity contribution < 1.29 is 4.39 Å². The second kappa shape index (κ2) is 5.91. The highest BCUT2D eigenvalue weighted by Gasteiger charge is 2.10. The Bertz CT molecular complexity index is 540. The molecule has 2 aromatic rings. The van der Waals surface area contributed by atoms with E-state index >= 15 is 0 Å². The smallest absolute Gasteiger partial charge is 0.133 e. The summed E-state index contributed by atoms with van der Waals surface area (Å²) in [6.45, 7) is 4.96. The molecule has 0 aliphatic heterocycles. The molecular weight excluding hydrogens is 315 g/mol. The fourth-order valence-corrected chi connectivity index (χ4v) is 2.72. The average molecular weight is 329 g/mol. The maximum absolute atomic E-state index is 13.7. The molecule has 0 spiro atoms. The molecule has 96 valence electrons. The van der Waals surface area contributed by atoms with E-state index in [1.165, 1.54) is 17.4 Å². The van der Waals surface area contributed by atoms with Gasteiger partial charge in [-0.25, -0.2) is 9.37 Å². The van der Waals surface area contributed by atoms with Crippen molar-refractivity contribution in [3.63, 3.8) is 0 Å². The summed E-state index contributed by atoms with van der Waals surface area (Å²) >= 11 is 4.86. The Labute approximate surface area is 118 Å². The Hall–Kier alpha value is -0.780. The van der Waals surface area contributed by atoms with Gasteiger partial charge in [-0.05, 0) is 18.2 Å². The van der Waals surface area contributed by atoms with E-state index in [0.717, 1.165) is 15.9 Å². The fraction of sp³-hybridized carbons (Fsp3) is 0.308. The highest BCUT2D eigenvalue weighted by Crippen LogP contribution is 2.29. The van der Waals surface area contributed by atoms with Crippen LogP contribution in [-0.4, -0.2) is 11.0 Å². The van der Waals surface area contributed by atoms with Crippen LogP contribution in [0.25, 0.3) is 10.6 Å². The van der Waals surface area contributed by atoms with Crippen LogP contribution in [0.2, 0.25) is 0 Å². The van der Waals surface area contributed by atoms with E-state index in [1.54, 1.807) is 18.3 Å². The van der Waals surface area contributed by atoms with Gasteiger partial charge in [0.1, 0.15) is 10.8 Å². The number of rotatable bonds is 4. The zero-order valence-corrected chi connectivity index (χ0v) is 12.6. The first-order valence-corrected chi connectivity index (χ1v) is 7.30. The molecular formula is C13H14BrFN2S. The van der Waals surface area contributed by atoms with Gasteiger partial charge in [0.2, 0.25) is 0 Å². The van der Waals surface area contributed by atoms with Crippen LogP contribution in [0, 0.1) is 5.82 Å². The Balaban J connectivity index is 2.21. The minimum Gasteiger partial charge on any atom is -0.310 e. The van der Waals surface area contributed by atoms with Gasteiger partial charge in [-0.3, -0.25) is 0 Å². The first-order chi connectivity index (χ1) is 8.56. The first-order valence-electron chi connectivity index (χ1n) is 5.70. The lowest BCUT2D eigenvalue weighted by atomic mass is 10.2. The van der Waals surface area contributed by atoms with E-state index < -0.39 is 0 Å². The molecule has 0 radical (unpaired) electrons. The largest absolute Gasteiger partial charge is 0.310 e. The van der Waals surface area contributed by atoms with Gasteiger partial charge >= 0.3 is 0 Å². The topological polar surface area (TPSA) is 24.9 Å². The Kier molecular flexibility index (Phi) is 4.48. The lowest BCUT2D eigenvalue weighted by Gasteiger charge is -2.04. The second-order valence-corrected chi connectivity index (χ2v) is 6.32. The van der Waals surface area contributed by atoms with Crippen LogP contribution in [0.1, 0.15) is 18.7 Å². The predicted octanol–water partition coefficient (Wildman–Crippen LogP) is 4.21. The van der Waals surface area contributed by atoms with Crippen LogP contribution in [0.5, 0.6) is 0 Å². The summed E-state index contributed by atoms with van der Waals surface area (Å²) in [4.78, 5) is 5.39. The highest BCUT2D eigenvalue weighted by atomic mass is 79.9. The minimum atomic E-state index is -0.240. The molecule has 1 N–H and O–H groups in total. The summed E-state index contributed by atoms with van der Waals surface area (Å²) in [7, 11) is 0. The third-order valence-corrected chi connectivity index (χ3v) is 3.92. The summed E-state index contributed by atoms with van der Waals surface area (Å²) in [6.07, 6.45) is 1.80. The summed E-state index contributed by atoms with van der Waals surface area (Å²) in [5, 5.41) is 4.04. The Morgan fingerprint density at radius 2 is 2.22 bits per heavy atom. The van der Waals surface area contributed by atoms with Crippen molar-refractivity contribution in [2.45, 2.75) is 26.4 Å². The van der Waals surface area contributed by atoms with E-state index in [1.807, 2.05) is 0 Å². The normalized spacial score (nSPS) is 11.2. The minimum absolute atomic E-state index is 0.240. The summed E-state index contributed by atoms with van der Waals surface area (Å²) in [6, 6.07) is 5.33. The summed E-state index contributed by atoms with van der Waals surface area (Å²) < 4.78 is 14.6. The van der Waals surface area contributed by atoms with Crippen LogP contribution in [0.15, 0.2) is 28.9 Å². The molecule has 0 saturated heterocycles. The van der Waals surface area contributed by atoms with E-state index in [4.69, 9.17) is 0 Å². The van der Waals surface area contributed by atoms with Gasteiger partial charge in [-0.1, -0.05) is 29.8 Å². The molecule has 2 nitrogen and oxygen atoms in total. The van der Waals surface area contributed by atoms with E-state index in [-0.39, 0.29) is 5.82 Å². The number of thiazole rings is 1. The molecule has 5 heteroatoms. The first kappa shape index (κ1) is 13.6. The zero-order chi connectivity index (χ0) is 13.1. The van der Waals surface area contributed by atoms with E-state index in [9.17, 15) is 4.39 Å². The van der Waals surface area contributed by atoms with Crippen molar-refractivity contribution in [1.29, 1.82) is 0 Å². The summed E-state index contributed by atoms with van der Waals surface area (Å²) in [5.74, 6) is -0.240. The number of benzene rings is 1. The monoisotopic (exact) mass is 328 g/mol. The van der Waals surface area contributed by atoms with Gasteiger partial charge in [0.05, 0.1) is 0 Å². The molecule has 0 atom stereocenters. The number of halogens is 2. The molecule has 0 bridgehead atoms.